The van der Waals surface area contributed by atoms with Crippen molar-refractivity contribution < 1.29 is 5.11 Å². The number of para-hydroxylation sites is 1. The molecule has 1 aromatic heterocycles. The Hall–Kier alpha value is -1.52. The minimum Gasteiger partial charge on any atom is -0.394 e. The Morgan fingerprint density at radius 2 is 2.10 bits per heavy atom. The molecule has 2 bridgehead atoms. The van der Waals surface area contributed by atoms with Gasteiger partial charge >= 0.3 is 0 Å². The molecule has 0 aliphatic carbocycles. The molecular formula is C16H21N3O. The molecule has 2 aromatic rings. The van der Waals surface area contributed by atoms with Gasteiger partial charge in [0.1, 0.15) is 5.82 Å². The highest BCUT2D eigenvalue weighted by Crippen LogP contribution is 2.48. The minimum atomic E-state index is -0.304. The van der Waals surface area contributed by atoms with Gasteiger partial charge in [-0.1, -0.05) is 18.2 Å². The van der Waals surface area contributed by atoms with Crippen molar-refractivity contribution in [2.24, 2.45) is 12.8 Å². The number of aliphatic hydroxyl groups is 1. The summed E-state index contributed by atoms with van der Waals surface area (Å²) in [6.45, 7) is 2.33. The second-order valence-corrected chi connectivity index (χ2v) is 6.09. The lowest BCUT2D eigenvalue weighted by atomic mass is 9.84. The normalized spacial score (nSPS) is 19.6. The Morgan fingerprint density at radius 1 is 1.35 bits per heavy atom. The second-order valence-electron chi connectivity index (χ2n) is 6.09. The first-order valence-electron chi connectivity index (χ1n) is 7.45. The van der Waals surface area contributed by atoms with Crippen LogP contribution in [0.15, 0.2) is 18.2 Å². The quantitative estimate of drug-likeness (QED) is 0.876. The fourth-order valence-corrected chi connectivity index (χ4v) is 4.12. The van der Waals surface area contributed by atoms with E-state index in [4.69, 9.17) is 5.73 Å². The number of hydrogen-bond acceptors (Lipinski definition) is 3. The maximum atomic E-state index is 9.41. The summed E-state index contributed by atoms with van der Waals surface area (Å²) in [6.07, 6.45) is 2.53. The third-order valence-electron chi connectivity index (χ3n) is 5.05. The predicted molar refractivity (Wildman–Crippen MR) is 81.1 cm³/mol. The highest BCUT2D eigenvalue weighted by Gasteiger charge is 2.35. The zero-order valence-corrected chi connectivity index (χ0v) is 11.8. The van der Waals surface area contributed by atoms with Crippen LogP contribution in [0.25, 0.3) is 10.9 Å². The van der Waals surface area contributed by atoms with Gasteiger partial charge in [-0.15, -0.1) is 0 Å². The van der Waals surface area contributed by atoms with Crippen molar-refractivity contribution in [1.82, 2.24) is 4.57 Å². The van der Waals surface area contributed by atoms with Crippen LogP contribution in [-0.4, -0.2) is 29.4 Å². The molecule has 5 rings (SSSR count). The maximum absolute atomic E-state index is 9.41. The number of anilines is 1. The maximum Gasteiger partial charge on any atom is 0.112 e. The van der Waals surface area contributed by atoms with E-state index in [1.807, 2.05) is 6.07 Å². The third kappa shape index (κ3) is 1.43. The van der Waals surface area contributed by atoms with Gasteiger partial charge in [0.2, 0.25) is 0 Å². The van der Waals surface area contributed by atoms with Crippen LogP contribution in [0.3, 0.4) is 0 Å². The lowest BCUT2D eigenvalue weighted by Crippen LogP contribution is -2.39. The van der Waals surface area contributed by atoms with Crippen LogP contribution in [0.1, 0.15) is 35.9 Å². The first-order valence-corrected chi connectivity index (χ1v) is 7.45. The number of aliphatic hydroxyl groups excluding tert-OH is 1. The number of aromatic nitrogens is 1. The third-order valence-corrected chi connectivity index (χ3v) is 5.05. The van der Waals surface area contributed by atoms with Crippen molar-refractivity contribution in [2.75, 3.05) is 24.6 Å². The Kier molecular flexibility index (Phi) is 2.59. The van der Waals surface area contributed by atoms with E-state index in [9.17, 15) is 5.11 Å². The predicted octanol–water partition coefficient (Wildman–Crippen LogP) is 1.87. The van der Waals surface area contributed by atoms with Crippen molar-refractivity contribution in [1.29, 1.82) is 0 Å². The summed E-state index contributed by atoms with van der Waals surface area (Å²) < 4.78 is 2.29. The molecule has 1 atom stereocenters. The molecule has 20 heavy (non-hydrogen) atoms. The Bertz CT molecular complexity index is 668. The summed E-state index contributed by atoms with van der Waals surface area (Å²) in [7, 11) is 2.13. The molecule has 3 aliphatic heterocycles. The molecule has 0 radical (unpaired) electrons. The number of nitrogens with zero attached hydrogens (tertiary/aromatic N) is 2. The molecule has 1 aromatic carbocycles. The summed E-state index contributed by atoms with van der Waals surface area (Å²) in [5, 5.41) is 10.7. The smallest absolute Gasteiger partial charge is 0.112 e. The summed E-state index contributed by atoms with van der Waals surface area (Å²) in [5.41, 5.74) is 9.87. The van der Waals surface area contributed by atoms with Gasteiger partial charge in [0, 0.05) is 31.1 Å². The van der Waals surface area contributed by atoms with E-state index in [2.05, 4.69) is 28.6 Å². The minimum absolute atomic E-state index is 0.0118. The number of benzene rings is 1. The van der Waals surface area contributed by atoms with Crippen molar-refractivity contribution in [2.45, 2.75) is 24.8 Å². The van der Waals surface area contributed by atoms with Gasteiger partial charge in [-0.25, -0.2) is 0 Å². The number of hydrogen-bond donors (Lipinski definition) is 2. The van der Waals surface area contributed by atoms with Crippen molar-refractivity contribution in [3.8, 4) is 0 Å². The van der Waals surface area contributed by atoms with Crippen LogP contribution in [0, 0.1) is 0 Å². The van der Waals surface area contributed by atoms with E-state index in [1.54, 1.807) is 0 Å². The van der Waals surface area contributed by atoms with E-state index < -0.39 is 0 Å². The van der Waals surface area contributed by atoms with E-state index in [0.29, 0.717) is 5.92 Å². The topological polar surface area (TPSA) is 54.4 Å². The van der Waals surface area contributed by atoms with Gasteiger partial charge < -0.3 is 20.3 Å². The highest BCUT2D eigenvalue weighted by molar-refractivity contribution is 5.94. The van der Waals surface area contributed by atoms with Gasteiger partial charge in [-0.2, -0.15) is 0 Å². The van der Waals surface area contributed by atoms with Crippen LogP contribution < -0.4 is 10.6 Å². The molecule has 0 spiro atoms. The largest absolute Gasteiger partial charge is 0.394 e. The average Bonchev–Trinajstić information content (AvgIpc) is 2.84. The van der Waals surface area contributed by atoms with Gasteiger partial charge in [0.15, 0.2) is 0 Å². The first kappa shape index (κ1) is 12.2. The Labute approximate surface area is 118 Å². The number of piperidine rings is 1. The molecule has 4 heteroatoms. The molecule has 1 saturated heterocycles. The fraction of sp³-hybridized carbons (Fsp3) is 0.500. The number of nitrogens with two attached hydrogens (primary N) is 1. The van der Waals surface area contributed by atoms with E-state index in [0.717, 1.165) is 5.56 Å². The van der Waals surface area contributed by atoms with Crippen LogP contribution in [0.5, 0.6) is 0 Å². The lowest BCUT2D eigenvalue weighted by Gasteiger charge is -2.41. The molecule has 4 heterocycles. The summed E-state index contributed by atoms with van der Waals surface area (Å²) >= 11 is 0. The summed E-state index contributed by atoms with van der Waals surface area (Å²) in [5.74, 6) is 2.07. The second kappa shape index (κ2) is 4.24. The summed E-state index contributed by atoms with van der Waals surface area (Å²) in [4.78, 5) is 2.50. The van der Waals surface area contributed by atoms with Crippen molar-refractivity contribution >= 4 is 16.7 Å². The van der Waals surface area contributed by atoms with Gasteiger partial charge in [0.05, 0.1) is 18.2 Å². The molecule has 106 valence electrons. The van der Waals surface area contributed by atoms with E-state index in [-0.39, 0.29) is 12.6 Å². The van der Waals surface area contributed by atoms with Gasteiger partial charge in [-0.05, 0) is 24.3 Å². The van der Waals surface area contributed by atoms with E-state index >= 15 is 0 Å². The summed E-state index contributed by atoms with van der Waals surface area (Å²) in [6, 6.07) is 6.03. The SMILES string of the molecule is Cn1c2c(c3cccc(C(N)CO)c31)C1CCN2CC1. The molecule has 0 saturated carbocycles. The van der Waals surface area contributed by atoms with Crippen molar-refractivity contribution in [3.05, 3.63) is 29.3 Å². The Balaban J connectivity index is 2.05. The standard InChI is InChI=1S/C16H21N3O/c1-18-15-11(13(17)9-20)3-2-4-12(15)14-10-5-7-19(8-6-10)16(14)18/h2-4,10,13,20H,5-9,17H2,1H3. The van der Waals surface area contributed by atoms with Crippen LogP contribution in [-0.2, 0) is 7.05 Å². The zero-order chi connectivity index (χ0) is 13.9. The molecule has 1 fully saturated rings. The number of rotatable bonds is 2. The monoisotopic (exact) mass is 271 g/mol. The molecule has 3 N–H and O–H groups in total. The van der Waals surface area contributed by atoms with Crippen LogP contribution in [0.2, 0.25) is 0 Å². The highest BCUT2D eigenvalue weighted by atomic mass is 16.3. The van der Waals surface area contributed by atoms with Crippen LogP contribution in [0.4, 0.5) is 5.82 Å². The van der Waals surface area contributed by atoms with Gasteiger partial charge in [0.25, 0.3) is 0 Å². The molecule has 4 nitrogen and oxygen atoms in total. The lowest BCUT2D eigenvalue weighted by molar-refractivity contribution is 0.268. The first-order chi connectivity index (χ1) is 9.72. The molecule has 1 unspecified atom stereocenters. The number of fused-ring (bicyclic) bond motifs is 3. The van der Waals surface area contributed by atoms with Crippen molar-refractivity contribution in [3.63, 3.8) is 0 Å². The van der Waals surface area contributed by atoms with Crippen LogP contribution >= 0.6 is 0 Å². The average molecular weight is 271 g/mol. The zero-order valence-electron chi connectivity index (χ0n) is 11.8. The Morgan fingerprint density at radius 3 is 2.80 bits per heavy atom. The molecule has 0 amide bonds. The van der Waals surface area contributed by atoms with E-state index in [1.165, 1.54) is 48.2 Å². The molecule has 3 aliphatic rings. The number of aryl methyl sites for hydroxylation is 1. The van der Waals surface area contributed by atoms with Gasteiger partial charge in [-0.3, -0.25) is 0 Å². The fourth-order valence-electron chi connectivity index (χ4n) is 4.12. The molecular weight excluding hydrogens is 250 g/mol.